The second-order valence-electron chi connectivity index (χ2n) is 4.71. The van der Waals surface area contributed by atoms with Crippen LogP contribution in [-0.2, 0) is 6.42 Å². The highest BCUT2D eigenvalue weighted by molar-refractivity contribution is 5.73. The van der Waals surface area contributed by atoms with E-state index >= 15 is 0 Å². The summed E-state index contributed by atoms with van der Waals surface area (Å²) in [7, 11) is 0. The molecule has 0 fully saturated rings. The second-order valence-corrected chi connectivity index (χ2v) is 4.71. The lowest BCUT2D eigenvalue weighted by molar-refractivity contribution is 0.596. The van der Waals surface area contributed by atoms with Crippen molar-refractivity contribution in [3.63, 3.8) is 0 Å². The van der Waals surface area contributed by atoms with Crippen LogP contribution in [0, 0.1) is 11.3 Å². The number of benzene rings is 1. The average molecular weight is 238 g/mol. The van der Waals surface area contributed by atoms with E-state index in [-0.39, 0.29) is 0 Å². The summed E-state index contributed by atoms with van der Waals surface area (Å²) in [6.07, 6.45) is 3.06. The molecule has 1 aromatic heterocycles. The van der Waals surface area contributed by atoms with Crippen LogP contribution in [0.4, 0.5) is 0 Å². The van der Waals surface area contributed by atoms with Gasteiger partial charge in [-0.05, 0) is 31.4 Å². The van der Waals surface area contributed by atoms with Crippen LogP contribution in [0.3, 0.4) is 0 Å². The minimum absolute atomic E-state index is 0.308. The van der Waals surface area contributed by atoms with E-state index in [1.807, 2.05) is 18.2 Å². The Bertz CT molecular complexity index is 571. The molecular weight excluding hydrogens is 220 g/mol. The Labute approximate surface area is 108 Å². The summed E-state index contributed by atoms with van der Waals surface area (Å²) < 4.78 is 2.07. The van der Waals surface area contributed by atoms with E-state index < -0.39 is 0 Å². The predicted molar refractivity (Wildman–Crippen MR) is 74.3 cm³/mol. The van der Waals surface area contributed by atoms with Gasteiger partial charge in [0.25, 0.3) is 0 Å². The molecule has 0 aliphatic heterocycles. The van der Waals surface area contributed by atoms with Gasteiger partial charge in [0.2, 0.25) is 0 Å². The molecule has 0 amide bonds. The van der Waals surface area contributed by atoms with E-state index in [1.165, 1.54) is 5.56 Å². The standard InChI is InChI=1S/C16H18N2/c1-4-13-11-18(12(2)3)15(10-17)16(13)14-8-6-5-7-9-14/h5-9,11-12H,4H2,1-3H3. The van der Waals surface area contributed by atoms with Crippen molar-refractivity contribution in [2.45, 2.75) is 33.2 Å². The fourth-order valence-electron chi connectivity index (χ4n) is 2.29. The Balaban J connectivity index is 2.70. The van der Waals surface area contributed by atoms with Gasteiger partial charge in [-0.25, -0.2) is 0 Å². The van der Waals surface area contributed by atoms with Crippen LogP contribution in [0.1, 0.15) is 38.1 Å². The van der Waals surface area contributed by atoms with Gasteiger partial charge in [0.1, 0.15) is 11.8 Å². The molecule has 0 radical (unpaired) electrons. The van der Waals surface area contributed by atoms with Crippen molar-refractivity contribution in [2.24, 2.45) is 0 Å². The van der Waals surface area contributed by atoms with Gasteiger partial charge >= 0.3 is 0 Å². The maximum atomic E-state index is 9.45. The van der Waals surface area contributed by atoms with Crippen LogP contribution in [0.5, 0.6) is 0 Å². The van der Waals surface area contributed by atoms with Gasteiger partial charge in [-0.1, -0.05) is 37.3 Å². The molecule has 0 N–H and O–H groups in total. The molecule has 1 aromatic carbocycles. The minimum atomic E-state index is 0.308. The molecule has 2 aromatic rings. The summed E-state index contributed by atoms with van der Waals surface area (Å²) in [5, 5.41) is 9.45. The third-order valence-corrected chi connectivity index (χ3v) is 3.22. The second kappa shape index (κ2) is 5.10. The lowest BCUT2D eigenvalue weighted by atomic mass is 10.0. The first-order valence-electron chi connectivity index (χ1n) is 6.38. The SMILES string of the molecule is CCc1cn(C(C)C)c(C#N)c1-c1ccccc1. The molecule has 2 nitrogen and oxygen atoms in total. The van der Waals surface area contributed by atoms with E-state index in [0.29, 0.717) is 6.04 Å². The molecule has 0 aliphatic carbocycles. The smallest absolute Gasteiger partial charge is 0.128 e. The summed E-state index contributed by atoms with van der Waals surface area (Å²) in [6.45, 7) is 6.34. The number of aryl methyl sites for hydroxylation is 1. The first-order chi connectivity index (χ1) is 8.69. The lowest BCUT2D eigenvalue weighted by Gasteiger charge is -2.09. The van der Waals surface area contributed by atoms with Gasteiger partial charge in [0, 0.05) is 17.8 Å². The van der Waals surface area contributed by atoms with Crippen LogP contribution in [0.15, 0.2) is 36.5 Å². The molecule has 0 aliphatic rings. The topological polar surface area (TPSA) is 28.7 Å². The highest BCUT2D eigenvalue weighted by Gasteiger charge is 2.17. The monoisotopic (exact) mass is 238 g/mol. The maximum absolute atomic E-state index is 9.45. The van der Waals surface area contributed by atoms with Gasteiger partial charge in [0.15, 0.2) is 0 Å². The van der Waals surface area contributed by atoms with Crippen molar-refractivity contribution in [1.29, 1.82) is 5.26 Å². The van der Waals surface area contributed by atoms with Crippen LogP contribution < -0.4 is 0 Å². The molecule has 2 heteroatoms. The quantitative estimate of drug-likeness (QED) is 0.789. The van der Waals surface area contributed by atoms with Crippen molar-refractivity contribution in [2.75, 3.05) is 0 Å². The molecule has 0 unspecified atom stereocenters. The molecule has 18 heavy (non-hydrogen) atoms. The van der Waals surface area contributed by atoms with Crippen LogP contribution in [0.25, 0.3) is 11.1 Å². The number of hydrogen-bond donors (Lipinski definition) is 0. The fraction of sp³-hybridized carbons (Fsp3) is 0.312. The zero-order valence-corrected chi connectivity index (χ0v) is 11.1. The van der Waals surface area contributed by atoms with E-state index in [9.17, 15) is 5.26 Å². The largest absolute Gasteiger partial charge is 0.336 e. The normalized spacial score (nSPS) is 10.6. The highest BCUT2D eigenvalue weighted by Crippen LogP contribution is 2.31. The Kier molecular flexibility index (Phi) is 3.53. The number of nitrogens with zero attached hydrogens (tertiary/aromatic N) is 2. The Morgan fingerprint density at radius 1 is 1.22 bits per heavy atom. The molecule has 0 spiro atoms. The zero-order chi connectivity index (χ0) is 13.1. The van der Waals surface area contributed by atoms with Crippen molar-refractivity contribution in [3.8, 4) is 17.2 Å². The first kappa shape index (κ1) is 12.4. The van der Waals surface area contributed by atoms with Crippen LogP contribution in [-0.4, -0.2) is 4.57 Å². The van der Waals surface area contributed by atoms with Gasteiger partial charge in [0.05, 0.1) is 0 Å². The summed E-state index contributed by atoms with van der Waals surface area (Å²) in [6, 6.07) is 12.8. The first-order valence-corrected chi connectivity index (χ1v) is 6.38. The zero-order valence-electron chi connectivity index (χ0n) is 11.1. The van der Waals surface area contributed by atoms with Crippen molar-refractivity contribution < 1.29 is 0 Å². The summed E-state index contributed by atoms with van der Waals surface area (Å²) >= 11 is 0. The molecule has 1 heterocycles. The molecule has 0 bridgehead atoms. The van der Waals surface area contributed by atoms with Gasteiger partial charge in [-0.15, -0.1) is 0 Å². The van der Waals surface area contributed by atoms with Gasteiger partial charge in [-0.2, -0.15) is 5.26 Å². The van der Waals surface area contributed by atoms with E-state index in [1.54, 1.807) is 0 Å². The molecular formula is C16H18N2. The van der Waals surface area contributed by atoms with Crippen LogP contribution in [0.2, 0.25) is 0 Å². The third-order valence-electron chi connectivity index (χ3n) is 3.22. The highest BCUT2D eigenvalue weighted by atomic mass is 15.0. The van der Waals surface area contributed by atoms with Gasteiger partial charge < -0.3 is 4.57 Å². The number of nitriles is 1. The van der Waals surface area contributed by atoms with E-state index in [2.05, 4.69) is 49.7 Å². The minimum Gasteiger partial charge on any atom is -0.336 e. The fourth-order valence-corrected chi connectivity index (χ4v) is 2.29. The Hall–Kier alpha value is -2.01. The third kappa shape index (κ3) is 2.04. The molecule has 2 rings (SSSR count). The van der Waals surface area contributed by atoms with E-state index in [0.717, 1.165) is 23.2 Å². The van der Waals surface area contributed by atoms with Crippen molar-refractivity contribution >= 4 is 0 Å². The Morgan fingerprint density at radius 3 is 2.39 bits per heavy atom. The molecule has 92 valence electrons. The van der Waals surface area contributed by atoms with E-state index in [4.69, 9.17) is 0 Å². The predicted octanol–water partition coefficient (Wildman–Crippen LogP) is 4.17. The summed E-state index contributed by atoms with van der Waals surface area (Å²) in [5.74, 6) is 0. The van der Waals surface area contributed by atoms with Crippen LogP contribution >= 0.6 is 0 Å². The molecule has 0 saturated heterocycles. The Morgan fingerprint density at radius 2 is 1.89 bits per heavy atom. The number of hydrogen-bond acceptors (Lipinski definition) is 1. The molecule has 0 saturated carbocycles. The number of aromatic nitrogens is 1. The number of rotatable bonds is 3. The molecule has 0 atom stereocenters. The van der Waals surface area contributed by atoms with Crippen molar-refractivity contribution in [3.05, 3.63) is 47.8 Å². The summed E-state index contributed by atoms with van der Waals surface area (Å²) in [5.41, 5.74) is 4.24. The lowest BCUT2D eigenvalue weighted by Crippen LogP contribution is -2.01. The maximum Gasteiger partial charge on any atom is 0.128 e. The van der Waals surface area contributed by atoms with Crippen molar-refractivity contribution in [1.82, 2.24) is 4.57 Å². The summed E-state index contributed by atoms with van der Waals surface area (Å²) in [4.78, 5) is 0. The average Bonchev–Trinajstić information content (AvgIpc) is 2.78. The van der Waals surface area contributed by atoms with Gasteiger partial charge in [-0.3, -0.25) is 0 Å².